The summed E-state index contributed by atoms with van der Waals surface area (Å²) in [6, 6.07) is 3.64. The van der Waals surface area contributed by atoms with Gasteiger partial charge in [-0.25, -0.2) is 9.40 Å². The molecule has 0 radical (unpaired) electrons. The Labute approximate surface area is 98.3 Å². The molecule has 0 spiro atoms. The van der Waals surface area contributed by atoms with Gasteiger partial charge in [0.25, 0.3) is 5.69 Å². The second kappa shape index (κ2) is 5.09. The average molecular weight is 239 g/mol. The molecule has 1 heterocycles. The lowest BCUT2D eigenvalue weighted by Crippen LogP contribution is -2.35. The molecule has 1 fully saturated rings. The van der Waals surface area contributed by atoms with Gasteiger partial charge in [-0.05, 0) is 18.9 Å². The zero-order valence-electron chi connectivity index (χ0n) is 9.36. The Balaban J connectivity index is 2.08. The third-order valence-electron chi connectivity index (χ3n) is 2.80. The van der Waals surface area contributed by atoms with Crippen molar-refractivity contribution in [1.29, 1.82) is 0 Å². The zero-order valence-corrected chi connectivity index (χ0v) is 9.36. The van der Waals surface area contributed by atoms with Crippen molar-refractivity contribution >= 4 is 11.4 Å². The van der Waals surface area contributed by atoms with E-state index in [4.69, 9.17) is 0 Å². The van der Waals surface area contributed by atoms with E-state index in [9.17, 15) is 14.5 Å². The van der Waals surface area contributed by atoms with Crippen molar-refractivity contribution in [2.24, 2.45) is 0 Å². The van der Waals surface area contributed by atoms with Crippen LogP contribution in [0.4, 0.5) is 15.8 Å². The summed E-state index contributed by atoms with van der Waals surface area (Å²) in [4.78, 5) is 9.86. The number of rotatable bonds is 3. The number of nitro benzene ring substituents is 1. The summed E-state index contributed by atoms with van der Waals surface area (Å²) in [5.41, 5.74) is 3.01. The van der Waals surface area contributed by atoms with E-state index in [1.807, 2.05) is 5.01 Å². The third-order valence-corrected chi connectivity index (χ3v) is 2.80. The van der Waals surface area contributed by atoms with Gasteiger partial charge in [0.15, 0.2) is 5.82 Å². The molecule has 0 amide bonds. The molecule has 0 aromatic heterocycles. The van der Waals surface area contributed by atoms with Crippen LogP contribution in [0.1, 0.15) is 19.3 Å². The van der Waals surface area contributed by atoms with Crippen molar-refractivity contribution in [3.63, 3.8) is 0 Å². The molecule has 0 saturated carbocycles. The number of hydrazine groups is 1. The summed E-state index contributed by atoms with van der Waals surface area (Å²) in [7, 11) is 0. The fourth-order valence-corrected chi connectivity index (χ4v) is 1.88. The number of nitro groups is 1. The SMILES string of the molecule is O=[N+]([O-])c1ccc(NN2CCCCC2)c(F)c1. The first-order valence-corrected chi connectivity index (χ1v) is 5.62. The number of nitrogens with one attached hydrogen (secondary N) is 1. The van der Waals surface area contributed by atoms with Crippen LogP contribution in [0.2, 0.25) is 0 Å². The van der Waals surface area contributed by atoms with E-state index in [-0.39, 0.29) is 11.4 Å². The molecule has 1 aliphatic rings. The highest BCUT2D eigenvalue weighted by molar-refractivity contribution is 5.49. The molecule has 0 bridgehead atoms. The lowest BCUT2D eigenvalue weighted by Gasteiger charge is -2.27. The number of piperidine rings is 1. The van der Waals surface area contributed by atoms with Gasteiger partial charge in [0.2, 0.25) is 0 Å². The Kier molecular flexibility index (Phi) is 3.53. The first-order chi connectivity index (χ1) is 8.16. The van der Waals surface area contributed by atoms with Gasteiger partial charge in [-0.2, -0.15) is 0 Å². The lowest BCUT2D eigenvalue weighted by molar-refractivity contribution is -0.385. The molecular formula is C11H14FN3O2. The van der Waals surface area contributed by atoms with Gasteiger partial charge in [-0.15, -0.1) is 0 Å². The molecule has 0 atom stereocenters. The quantitative estimate of drug-likeness (QED) is 0.650. The second-order valence-electron chi connectivity index (χ2n) is 4.08. The molecular weight excluding hydrogens is 225 g/mol. The van der Waals surface area contributed by atoms with Gasteiger partial charge in [0, 0.05) is 19.2 Å². The Hall–Kier alpha value is -1.69. The van der Waals surface area contributed by atoms with Crippen molar-refractivity contribution in [1.82, 2.24) is 5.01 Å². The summed E-state index contributed by atoms with van der Waals surface area (Å²) in [6.07, 6.45) is 3.37. The molecule has 1 aliphatic heterocycles. The largest absolute Gasteiger partial charge is 0.316 e. The van der Waals surface area contributed by atoms with Crippen molar-refractivity contribution in [3.8, 4) is 0 Å². The molecule has 1 N–H and O–H groups in total. The number of benzene rings is 1. The number of hydrogen-bond acceptors (Lipinski definition) is 4. The Bertz CT molecular complexity index is 419. The van der Waals surface area contributed by atoms with Crippen LogP contribution in [-0.2, 0) is 0 Å². The van der Waals surface area contributed by atoms with E-state index in [1.165, 1.54) is 18.6 Å². The van der Waals surface area contributed by atoms with E-state index in [1.54, 1.807) is 0 Å². The van der Waals surface area contributed by atoms with Crippen LogP contribution in [0.5, 0.6) is 0 Å². The molecule has 1 aromatic rings. The van der Waals surface area contributed by atoms with Crippen molar-refractivity contribution < 1.29 is 9.31 Å². The van der Waals surface area contributed by atoms with Gasteiger partial charge < -0.3 is 5.43 Å². The zero-order chi connectivity index (χ0) is 12.3. The topological polar surface area (TPSA) is 58.4 Å². The highest BCUT2D eigenvalue weighted by Crippen LogP contribution is 2.21. The number of anilines is 1. The van der Waals surface area contributed by atoms with Crippen LogP contribution < -0.4 is 5.43 Å². The van der Waals surface area contributed by atoms with Crippen LogP contribution in [0.3, 0.4) is 0 Å². The van der Waals surface area contributed by atoms with Crippen LogP contribution >= 0.6 is 0 Å². The average Bonchev–Trinajstić information content (AvgIpc) is 2.33. The molecule has 92 valence electrons. The predicted molar refractivity (Wildman–Crippen MR) is 62.1 cm³/mol. The van der Waals surface area contributed by atoms with Crippen LogP contribution in [-0.4, -0.2) is 23.0 Å². The maximum absolute atomic E-state index is 13.6. The normalized spacial score (nSPS) is 16.8. The van der Waals surface area contributed by atoms with Crippen molar-refractivity contribution in [3.05, 3.63) is 34.1 Å². The van der Waals surface area contributed by atoms with Crippen molar-refractivity contribution in [2.45, 2.75) is 19.3 Å². The minimum absolute atomic E-state index is 0.230. The maximum atomic E-state index is 13.6. The molecule has 6 heteroatoms. The molecule has 1 saturated heterocycles. The minimum Gasteiger partial charge on any atom is -0.316 e. The van der Waals surface area contributed by atoms with Crippen LogP contribution in [0, 0.1) is 15.9 Å². The summed E-state index contributed by atoms with van der Waals surface area (Å²) in [5, 5.41) is 12.4. The number of halogens is 1. The number of non-ortho nitro benzene ring substituents is 1. The molecule has 1 aromatic carbocycles. The minimum atomic E-state index is -0.603. The molecule has 0 unspecified atom stereocenters. The molecule has 2 rings (SSSR count). The smallest absolute Gasteiger partial charge is 0.272 e. The van der Waals surface area contributed by atoms with E-state index in [0.717, 1.165) is 32.0 Å². The Morgan fingerprint density at radius 3 is 2.59 bits per heavy atom. The fourth-order valence-electron chi connectivity index (χ4n) is 1.88. The highest BCUT2D eigenvalue weighted by Gasteiger charge is 2.14. The predicted octanol–water partition coefficient (Wildman–Crippen LogP) is 2.55. The van der Waals surface area contributed by atoms with Gasteiger partial charge in [0.05, 0.1) is 16.7 Å². The van der Waals surface area contributed by atoms with E-state index in [0.29, 0.717) is 0 Å². The van der Waals surface area contributed by atoms with E-state index in [2.05, 4.69) is 5.43 Å². The third kappa shape index (κ3) is 2.91. The second-order valence-corrected chi connectivity index (χ2v) is 4.08. The maximum Gasteiger partial charge on any atom is 0.272 e. The first-order valence-electron chi connectivity index (χ1n) is 5.62. The van der Waals surface area contributed by atoms with Crippen LogP contribution in [0.15, 0.2) is 18.2 Å². The van der Waals surface area contributed by atoms with Crippen LogP contribution in [0.25, 0.3) is 0 Å². The van der Waals surface area contributed by atoms with E-state index < -0.39 is 10.7 Å². The highest BCUT2D eigenvalue weighted by atomic mass is 19.1. The summed E-state index contributed by atoms with van der Waals surface area (Å²) < 4.78 is 13.6. The molecule has 0 aliphatic carbocycles. The van der Waals surface area contributed by atoms with Gasteiger partial charge in [0.1, 0.15) is 0 Å². The number of nitrogens with zero attached hydrogens (tertiary/aromatic N) is 2. The Morgan fingerprint density at radius 1 is 1.29 bits per heavy atom. The monoisotopic (exact) mass is 239 g/mol. The summed E-state index contributed by atoms with van der Waals surface area (Å²) in [6.45, 7) is 1.74. The van der Waals surface area contributed by atoms with Gasteiger partial charge in [-0.3, -0.25) is 10.1 Å². The van der Waals surface area contributed by atoms with Gasteiger partial charge in [-0.1, -0.05) is 6.42 Å². The first kappa shape index (κ1) is 11.8. The van der Waals surface area contributed by atoms with E-state index >= 15 is 0 Å². The lowest BCUT2D eigenvalue weighted by atomic mass is 10.2. The Morgan fingerprint density at radius 2 is 2.00 bits per heavy atom. The summed E-state index contributed by atoms with van der Waals surface area (Å²) >= 11 is 0. The number of hydrogen-bond donors (Lipinski definition) is 1. The fraction of sp³-hybridized carbons (Fsp3) is 0.455. The van der Waals surface area contributed by atoms with Gasteiger partial charge >= 0.3 is 0 Å². The summed E-state index contributed by atoms with van der Waals surface area (Å²) in [5.74, 6) is -0.593. The molecule has 5 nitrogen and oxygen atoms in total. The standard InChI is InChI=1S/C11H14FN3O2/c12-10-8-9(15(16)17)4-5-11(10)13-14-6-2-1-3-7-14/h4-5,8,13H,1-3,6-7H2. The van der Waals surface area contributed by atoms with Crippen molar-refractivity contribution in [2.75, 3.05) is 18.5 Å². The molecule has 17 heavy (non-hydrogen) atoms.